The molecule has 1 saturated carbocycles. The van der Waals surface area contributed by atoms with Gasteiger partial charge in [0.05, 0.1) is 6.04 Å². The van der Waals surface area contributed by atoms with Crippen LogP contribution in [0, 0.1) is 0 Å². The third kappa shape index (κ3) is 2.01. The molecule has 5 heteroatoms. The van der Waals surface area contributed by atoms with Crippen LogP contribution in [0.5, 0.6) is 0 Å². The molecule has 3 fully saturated rings. The van der Waals surface area contributed by atoms with Crippen molar-refractivity contribution in [3.63, 3.8) is 0 Å². The lowest BCUT2D eigenvalue weighted by molar-refractivity contribution is 0.149. The van der Waals surface area contributed by atoms with E-state index in [0.29, 0.717) is 6.04 Å². The molecule has 0 amide bonds. The Labute approximate surface area is 96.6 Å². The second kappa shape index (κ2) is 4.22. The summed E-state index contributed by atoms with van der Waals surface area (Å²) in [5, 5.41) is 0. The van der Waals surface area contributed by atoms with Crippen LogP contribution in [-0.4, -0.2) is 54.0 Å². The Morgan fingerprint density at radius 1 is 1.19 bits per heavy atom. The summed E-state index contributed by atoms with van der Waals surface area (Å²) in [6, 6.07) is 1.26. The second-order valence-corrected chi connectivity index (χ2v) is 5.11. The number of aliphatic imine (C=N–C) groups is 1. The maximum atomic E-state index is 5.58. The molecular weight excluding hydrogens is 202 g/mol. The molecule has 3 rings (SSSR count). The molecule has 1 unspecified atom stereocenters. The van der Waals surface area contributed by atoms with E-state index in [2.05, 4.69) is 20.2 Å². The van der Waals surface area contributed by atoms with Gasteiger partial charge >= 0.3 is 0 Å². The van der Waals surface area contributed by atoms with Crippen molar-refractivity contribution in [2.24, 2.45) is 10.8 Å². The van der Waals surface area contributed by atoms with E-state index in [1.54, 1.807) is 0 Å². The van der Waals surface area contributed by atoms with Gasteiger partial charge < -0.3 is 4.90 Å². The summed E-state index contributed by atoms with van der Waals surface area (Å²) in [7, 11) is 0. The number of guanidine groups is 1. The molecule has 0 bridgehead atoms. The van der Waals surface area contributed by atoms with Crippen molar-refractivity contribution < 1.29 is 0 Å². The monoisotopic (exact) mass is 223 g/mol. The quantitative estimate of drug-likeness (QED) is 0.278. The summed E-state index contributed by atoms with van der Waals surface area (Å²) in [4.78, 5) is 9.56. The van der Waals surface area contributed by atoms with E-state index >= 15 is 0 Å². The topological polar surface area (TPSA) is 56.9 Å². The van der Waals surface area contributed by atoms with Gasteiger partial charge in [0.2, 0.25) is 5.96 Å². The van der Waals surface area contributed by atoms with Crippen LogP contribution in [-0.2, 0) is 0 Å². The van der Waals surface area contributed by atoms with Gasteiger partial charge in [-0.25, -0.2) is 10.8 Å². The van der Waals surface area contributed by atoms with Gasteiger partial charge in [0, 0.05) is 25.7 Å². The maximum Gasteiger partial charge on any atom is 0.208 e. The van der Waals surface area contributed by atoms with E-state index in [0.717, 1.165) is 31.6 Å². The fourth-order valence-corrected chi connectivity index (χ4v) is 2.77. The molecule has 0 aromatic rings. The summed E-state index contributed by atoms with van der Waals surface area (Å²) in [6.45, 7) is 4.60. The van der Waals surface area contributed by atoms with E-state index < -0.39 is 0 Å². The second-order valence-electron chi connectivity index (χ2n) is 5.11. The zero-order valence-corrected chi connectivity index (χ0v) is 9.73. The third-order valence-corrected chi connectivity index (χ3v) is 3.87. The Kier molecular flexibility index (Phi) is 2.73. The first-order valence-electron chi connectivity index (χ1n) is 6.40. The summed E-state index contributed by atoms with van der Waals surface area (Å²) in [5.74, 6) is 6.49. The number of nitrogens with zero attached hydrogens (tertiary/aromatic N) is 3. The molecule has 16 heavy (non-hydrogen) atoms. The number of hydrogen-bond acceptors (Lipinski definition) is 3. The van der Waals surface area contributed by atoms with Crippen LogP contribution in [0.3, 0.4) is 0 Å². The maximum absolute atomic E-state index is 5.58. The first-order valence-corrected chi connectivity index (χ1v) is 6.40. The first-order chi connectivity index (χ1) is 7.86. The van der Waals surface area contributed by atoms with Crippen LogP contribution < -0.4 is 11.3 Å². The van der Waals surface area contributed by atoms with E-state index in [1.165, 1.54) is 32.2 Å². The highest BCUT2D eigenvalue weighted by Gasteiger charge is 2.32. The van der Waals surface area contributed by atoms with Crippen LogP contribution in [0.1, 0.15) is 25.7 Å². The minimum atomic E-state index is 0.535. The molecule has 2 saturated heterocycles. The number of piperazine rings is 1. The van der Waals surface area contributed by atoms with Crippen LogP contribution in [0.25, 0.3) is 0 Å². The Balaban J connectivity index is 1.65. The molecule has 90 valence electrons. The molecule has 5 nitrogen and oxygen atoms in total. The lowest BCUT2D eigenvalue weighted by Gasteiger charge is -2.38. The summed E-state index contributed by atoms with van der Waals surface area (Å²) in [6.07, 6.45) is 5.14. The summed E-state index contributed by atoms with van der Waals surface area (Å²) < 4.78 is 0. The highest BCUT2D eigenvalue weighted by atomic mass is 15.4. The number of hydrogen-bond donors (Lipinski definition) is 2. The fourth-order valence-electron chi connectivity index (χ4n) is 2.77. The summed E-state index contributed by atoms with van der Waals surface area (Å²) >= 11 is 0. The van der Waals surface area contributed by atoms with Crippen LogP contribution in [0.4, 0.5) is 0 Å². The van der Waals surface area contributed by atoms with Crippen molar-refractivity contribution in [3.05, 3.63) is 0 Å². The first kappa shape index (κ1) is 10.4. The van der Waals surface area contributed by atoms with Gasteiger partial charge in [0.25, 0.3) is 0 Å². The number of hydrazine groups is 1. The van der Waals surface area contributed by atoms with Crippen LogP contribution in [0.2, 0.25) is 0 Å². The number of fused-ring (bicyclic) bond motifs is 1. The molecule has 3 N–H and O–H groups in total. The summed E-state index contributed by atoms with van der Waals surface area (Å²) in [5.41, 5.74) is 2.78. The van der Waals surface area contributed by atoms with Gasteiger partial charge in [-0.3, -0.25) is 10.3 Å². The Morgan fingerprint density at radius 3 is 2.81 bits per heavy atom. The molecule has 1 atom stereocenters. The van der Waals surface area contributed by atoms with Gasteiger partial charge in [-0.05, 0) is 32.2 Å². The van der Waals surface area contributed by atoms with E-state index in [1.807, 2.05) is 0 Å². The molecule has 3 aliphatic rings. The average Bonchev–Trinajstić information content (AvgIpc) is 3.01. The average molecular weight is 223 g/mol. The predicted octanol–water partition coefficient (Wildman–Crippen LogP) is -0.252. The van der Waals surface area contributed by atoms with Crippen LogP contribution in [0.15, 0.2) is 4.99 Å². The van der Waals surface area contributed by atoms with E-state index in [9.17, 15) is 0 Å². The Morgan fingerprint density at radius 2 is 2.06 bits per heavy atom. The number of nitrogens with two attached hydrogens (primary N) is 1. The fraction of sp³-hybridized carbons (Fsp3) is 0.909. The van der Waals surface area contributed by atoms with Crippen molar-refractivity contribution >= 4 is 5.96 Å². The highest BCUT2D eigenvalue weighted by Crippen LogP contribution is 2.25. The van der Waals surface area contributed by atoms with E-state index in [-0.39, 0.29) is 0 Å². The van der Waals surface area contributed by atoms with Gasteiger partial charge in [0.15, 0.2) is 0 Å². The SMILES string of the molecule is NNC(=NC1CC1)N1CCN2CCCC2C1. The van der Waals surface area contributed by atoms with Crippen LogP contribution >= 0.6 is 0 Å². The van der Waals surface area contributed by atoms with Gasteiger partial charge in [0.1, 0.15) is 0 Å². The van der Waals surface area contributed by atoms with E-state index in [4.69, 9.17) is 5.84 Å². The smallest absolute Gasteiger partial charge is 0.208 e. The van der Waals surface area contributed by atoms with Crippen molar-refractivity contribution in [2.45, 2.75) is 37.8 Å². The minimum Gasteiger partial charge on any atom is -0.339 e. The van der Waals surface area contributed by atoms with Crippen molar-refractivity contribution in [1.82, 2.24) is 15.2 Å². The molecule has 1 aliphatic carbocycles. The van der Waals surface area contributed by atoms with Gasteiger partial charge in [-0.1, -0.05) is 0 Å². The Bertz CT molecular complexity index is 286. The molecule has 0 spiro atoms. The lowest BCUT2D eigenvalue weighted by Crippen LogP contribution is -2.56. The molecule has 2 heterocycles. The molecular formula is C11H21N5. The Hall–Kier alpha value is -0.810. The van der Waals surface area contributed by atoms with Crippen molar-refractivity contribution in [1.29, 1.82) is 0 Å². The minimum absolute atomic E-state index is 0.535. The zero-order chi connectivity index (χ0) is 11.0. The largest absolute Gasteiger partial charge is 0.339 e. The highest BCUT2D eigenvalue weighted by molar-refractivity contribution is 5.80. The standard InChI is InChI=1S/C11H21N5/c12-14-11(13-9-3-4-9)16-7-6-15-5-1-2-10(15)8-16/h9-10H,1-8,12H2,(H,13,14). The van der Waals surface area contributed by atoms with Gasteiger partial charge in [-0.2, -0.15) is 0 Å². The normalized spacial score (nSPS) is 31.7. The molecule has 0 aromatic heterocycles. The molecule has 0 aromatic carbocycles. The third-order valence-electron chi connectivity index (χ3n) is 3.87. The van der Waals surface area contributed by atoms with Gasteiger partial charge in [-0.15, -0.1) is 0 Å². The number of nitrogens with one attached hydrogen (secondary N) is 1. The number of rotatable bonds is 1. The molecule has 2 aliphatic heterocycles. The lowest BCUT2D eigenvalue weighted by atomic mass is 10.1. The predicted molar refractivity (Wildman–Crippen MR) is 63.9 cm³/mol. The van der Waals surface area contributed by atoms with Crippen molar-refractivity contribution in [3.8, 4) is 0 Å². The molecule has 0 radical (unpaired) electrons. The van der Waals surface area contributed by atoms with Crippen molar-refractivity contribution in [2.75, 3.05) is 26.2 Å². The zero-order valence-electron chi connectivity index (χ0n) is 9.73.